The Bertz CT molecular complexity index is 886. The Labute approximate surface area is 162 Å². The molecule has 0 unspecified atom stereocenters. The van der Waals surface area contributed by atoms with Crippen LogP contribution in [0, 0.1) is 10.1 Å². The minimum absolute atomic E-state index is 0.0227. The fourth-order valence-corrected chi connectivity index (χ4v) is 2.58. The smallest absolute Gasteiger partial charge is 0.337 e. The van der Waals surface area contributed by atoms with Crippen molar-refractivity contribution in [1.82, 2.24) is 0 Å². The van der Waals surface area contributed by atoms with Gasteiger partial charge in [0.25, 0.3) is 11.6 Å². The summed E-state index contributed by atoms with van der Waals surface area (Å²) in [5, 5.41) is 13.6. The zero-order valence-electron chi connectivity index (χ0n) is 14.4. The molecule has 0 radical (unpaired) electrons. The second-order valence-corrected chi connectivity index (χ2v) is 5.97. The third-order valence-corrected chi connectivity index (χ3v) is 4.01. The Morgan fingerprint density at radius 3 is 2.52 bits per heavy atom. The van der Waals surface area contributed by atoms with Crippen LogP contribution in [-0.2, 0) is 9.53 Å². The van der Waals surface area contributed by atoms with E-state index in [1.54, 1.807) is 0 Å². The minimum Gasteiger partial charge on any atom is -0.496 e. The van der Waals surface area contributed by atoms with Crippen LogP contribution >= 0.6 is 15.9 Å². The van der Waals surface area contributed by atoms with Gasteiger partial charge >= 0.3 is 5.97 Å². The van der Waals surface area contributed by atoms with Crippen LogP contribution in [0.5, 0.6) is 11.5 Å². The molecule has 0 spiro atoms. The number of halogens is 1. The van der Waals surface area contributed by atoms with Gasteiger partial charge in [-0.15, -0.1) is 0 Å². The maximum Gasteiger partial charge on any atom is 0.337 e. The Kier molecular flexibility index (Phi) is 6.72. The number of rotatable bonds is 7. The SMILES string of the molecule is COC(=O)c1ccc(OCC(=O)Nc2ccc(OC)cc2[N+](=O)[O-])c(Br)c1. The molecule has 0 aromatic heterocycles. The van der Waals surface area contributed by atoms with E-state index in [1.807, 2.05) is 0 Å². The van der Waals surface area contributed by atoms with Crippen LogP contribution in [0.3, 0.4) is 0 Å². The summed E-state index contributed by atoms with van der Waals surface area (Å²) >= 11 is 3.24. The van der Waals surface area contributed by atoms with Crippen LogP contribution in [0.4, 0.5) is 11.4 Å². The molecule has 9 nitrogen and oxygen atoms in total. The van der Waals surface area contributed by atoms with E-state index in [1.165, 1.54) is 50.6 Å². The normalized spacial score (nSPS) is 10.0. The van der Waals surface area contributed by atoms with E-state index >= 15 is 0 Å². The predicted octanol–water partition coefficient (Wildman–Crippen LogP) is 3.17. The van der Waals surface area contributed by atoms with Gasteiger partial charge in [-0.3, -0.25) is 14.9 Å². The molecule has 10 heteroatoms. The zero-order chi connectivity index (χ0) is 20.0. The minimum atomic E-state index is -0.624. The number of nitrogens with one attached hydrogen (secondary N) is 1. The molecule has 0 aliphatic rings. The van der Waals surface area contributed by atoms with Gasteiger partial charge in [-0.05, 0) is 46.3 Å². The molecule has 1 amide bonds. The van der Waals surface area contributed by atoms with Crippen LogP contribution in [0.2, 0.25) is 0 Å². The quantitative estimate of drug-likeness (QED) is 0.400. The summed E-state index contributed by atoms with van der Waals surface area (Å²) in [4.78, 5) is 34.0. The first-order valence-electron chi connectivity index (χ1n) is 7.48. The highest BCUT2D eigenvalue weighted by molar-refractivity contribution is 9.10. The van der Waals surface area contributed by atoms with Crippen molar-refractivity contribution in [2.45, 2.75) is 0 Å². The van der Waals surface area contributed by atoms with Crippen molar-refractivity contribution in [3.8, 4) is 11.5 Å². The van der Waals surface area contributed by atoms with Crippen LogP contribution < -0.4 is 14.8 Å². The molecular formula is C17H15BrN2O7. The summed E-state index contributed by atoms with van der Waals surface area (Å²) in [5.41, 5.74) is 0.0378. The number of ether oxygens (including phenoxy) is 3. The highest BCUT2D eigenvalue weighted by Gasteiger charge is 2.18. The van der Waals surface area contributed by atoms with Crippen LogP contribution in [0.15, 0.2) is 40.9 Å². The number of nitro benzene ring substituents is 1. The van der Waals surface area contributed by atoms with E-state index in [9.17, 15) is 19.7 Å². The maximum atomic E-state index is 12.1. The first kappa shape index (κ1) is 20.2. The van der Waals surface area contributed by atoms with E-state index in [0.29, 0.717) is 21.5 Å². The largest absolute Gasteiger partial charge is 0.496 e. The Morgan fingerprint density at radius 1 is 1.19 bits per heavy atom. The summed E-state index contributed by atoms with van der Waals surface area (Å²) in [7, 11) is 2.65. The lowest BCUT2D eigenvalue weighted by atomic mass is 10.2. The summed E-state index contributed by atoms with van der Waals surface area (Å²) < 4.78 is 15.4. The van der Waals surface area contributed by atoms with E-state index in [2.05, 4.69) is 26.0 Å². The van der Waals surface area contributed by atoms with E-state index in [-0.39, 0.29) is 18.0 Å². The summed E-state index contributed by atoms with van der Waals surface area (Å²) in [6.07, 6.45) is 0. The van der Waals surface area contributed by atoms with Crippen LogP contribution in [0.25, 0.3) is 0 Å². The van der Waals surface area contributed by atoms with E-state index in [0.717, 1.165) is 0 Å². The lowest BCUT2D eigenvalue weighted by Crippen LogP contribution is -2.21. The Balaban J connectivity index is 2.05. The van der Waals surface area contributed by atoms with Crippen molar-refractivity contribution < 1.29 is 28.7 Å². The van der Waals surface area contributed by atoms with Crippen LogP contribution in [0.1, 0.15) is 10.4 Å². The number of hydrogen-bond donors (Lipinski definition) is 1. The van der Waals surface area contributed by atoms with Crippen molar-refractivity contribution in [2.24, 2.45) is 0 Å². The highest BCUT2D eigenvalue weighted by atomic mass is 79.9. The van der Waals surface area contributed by atoms with Crippen LogP contribution in [-0.4, -0.2) is 37.6 Å². The average molecular weight is 439 g/mol. The summed E-state index contributed by atoms with van der Waals surface area (Å²) in [6, 6.07) is 8.55. The fourth-order valence-electron chi connectivity index (χ4n) is 2.09. The second-order valence-electron chi connectivity index (χ2n) is 5.11. The maximum absolute atomic E-state index is 12.1. The predicted molar refractivity (Wildman–Crippen MR) is 99.3 cm³/mol. The molecule has 0 fully saturated rings. The highest BCUT2D eigenvalue weighted by Crippen LogP contribution is 2.29. The Hall–Kier alpha value is -3.14. The molecule has 2 aromatic carbocycles. The molecule has 2 rings (SSSR count). The van der Waals surface area contributed by atoms with Crippen molar-refractivity contribution in [1.29, 1.82) is 0 Å². The first-order chi connectivity index (χ1) is 12.8. The standard InChI is InChI=1S/C17H15BrN2O7/c1-25-11-4-5-13(14(8-11)20(23)24)19-16(21)9-27-15-6-3-10(7-12(15)18)17(22)26-2/h3-8H,9H2,1-2H3,(H,19,21). The van der Waals surface area contributed by atoms with Gasteiger partial charge in [0.1, 0.15) is 17.2 Å². The number of methoxy groups -OCH3 is 2. The lowest BCUT2D eigenvalue weighted by molar-refractivity contribution is -0.384. The molecule has 0 saturated heterocycles. The molecule has 0 atom stereocenters. The Morgan fingerprint density at radius 2 is 1.93 bits per heavy atom. The molecule has 0 saturated carbocycles. The first-order valence-corrected chi connectivity index (χ1v) is 8.28. The number of esters is 1. The van der Waals surface area contributed by atoms with Gasteiger partial charge in [0, 0.05) is 0 Å². The number of nitro groups is 1. The third kappa shape index (κ3) is 5.17. The lowest BCUT2D eigenvalue weighted by Gasteiger charge is -2.10. The molecule has 0 aliphatic heterocycles. The number of amides is 1. The third-order valence-electron chi connectivity index (χ3n) is 3.39. The monoisotopic (exact) mass is 438 g/mol. The van der Waals surface area contributed by atoms with Gasteiger partial charge in [-0.1, -0.05) is 0 Å². The van der Waals surface area contributed by atoms with Gasteiger partial charge in [-0.25, -0.2) is 4.79 Å². The number of anilines is 1. The number of benzene rings is 2. The van der Waals surface area contributed by atoms with E-state index < -0.39 is 16.8 Å². The van der Waals surface area contributed by atoms with E-state index in [4.69, 9.17) is 9.47 Å². The van der Waals surface area contributed by atoms with Gasteiger partial charge < -0.3 is 19.5 Å². The van der Waals surface area contributed by atoms with Crippen molar-refractivity contribution in [3.05, 3.63) is 56.5 Å². The molecule has 142 valence electrons. The second kappa shape index (κ2) is 8.99. The van der Waals surface area contributed by atoms with Crippen molar-refractivity contribution >= 4 is 39.2 Å². The molecule has 2 aromatic rings. The van der Waals surface area contributed by atoms with Gasteiger partial charge in [-0.2, -0.15) is 0 Å². The van der Waals surface area contributed by atoms with Gasteiger partial charge in [0.05, 0.1) is 35.2 Å². The summed E-state index contributed by atoms with van der Waals surface area (Å²) in [5.74, 6) is -0.480. The number of carbonyl (C=O) groups is 2. The average Bonchev–Trinajstić information content (AvgIpc) is 2.66. The molecule has 0 aliphatic carbocycles. The molecule has 27 heavy (non-hydrogen) atoms. The zero-order valence-corrected chi connectivity index (χ0v) is 15.9. The number of hydrogen-bond acceptors (Lipinski definition) is 7. The summed E-state index contributed by atoms with van der Waals surface area (Å²) in [6.45, 7) is -0.390. The van der Waals surface area contributed by atoms with Crippen molar-refractivity contribution in [3.63, 3.8) is 0 Å². The molecule has 0 bridgehead atoms. The molecule has 0 heterocycles. The molecular weight excluding hydrogens is 424 g/mol. The number of carbonyl (C=O) groups excluding carboxylic acids is 2. The van der Waals surface area contributed by atoms with Gasteiger partial charge in [0.15, 0.2) is 6.61 Å². The van der Waals surface area contributed by atoms with Crippen molar-refractivity contribution in [2.75, 3.05) is 26.1 Å². The topological polar surface area (TPSA) is 117 Å². The number of nitrogens with zero attached hydrogens (tertiary/aromatic N) is 1. The fraction of sp³-hybridized carbons (Fsp3) is 0.176. The molecule has 1 N–H and O–H groups in total. The van der Waals surface area contributed by atoms with Gasteiger partial charge in [0.2, 0.25) is 0 Å².